The third-order valence-electron chi connectivity index (χ3n) is 5.59. The van der Waals surface area contributed by atoms with E-state index in [1.807, 2.05) is 43.3 Å². The molecule has 1 aliphatic rings. The van der Waals surface area contributed by atoms with Gasteiger partial charge >= 0.3 is 5.91 Å². The second-order valence-electron chi connectivity index (χ2n) is 7.98. The van der Waals surface area contributed by atoms with Crippen LogP contribution in [0.1, 0.15) is 48.9 Å². The first-order chi connectivity index (χ1) is 16.0. The zero-order chi connectivity index (χ0) is 23.4. The van der Waals surface area contributed by atoms with Gasteiger partial charge in [-0.3, -0.25) is 14.5 Å². The number of Topliss-reactive ketones (excluding diaryl/α,β-unsaturated/α-hetero) is 1. The number of hydrogen-bond acceptors (Lipinski definition) is 6. The van der Waals surface area contributed by atoms with Crippen LogP contribution in [0.3, 0.4) is 0 Å². The van der Waals surface area contributed by atoms with Gasteiger partial charge in [-0.05, 0) is 31.0 Å². The topological polar surface area (TPSA) is 79.7 Å². The van der Waals surface area contributed by atoms with Gasteiger partial charge in [-0.15, -0.1) is 11.3 Å². The maximum Gasteiger partial charge on any atom is 0.301 e. The van der Waals surface area contributed by atoms with E-state index < -0.39 is 17.7 Å². The average molecular weight is 463 g/mol. The number of amides is 1. The Labute approximate surface area is 197 Å². The van der Waals surface area contributed by atoms with E-state index in [4.69, 9.17) is 4.74 Å². The first kappa shape index (κ1) is 22.7. The van der Waals surface area contributed by atoms with Crippen LogP contribution in [-0.4, -0.2) is 28.4 Å². The highest BCUT2D eigenvalue weighted by atomic mass is 32.1. The normalized spacial score (nSPS) is 17.5. The van der Waals surface area contributed by atoms with Crippen molar-refractivity contribution in [1.82, 2.24) is 4.98 Å². The maximum atomic E-state index is 13.1. The molecule has 1 amide bonds. The highest BCUT2D eigenvalue weighted by Gasteiger charge is 2.48. The van der Waals surface area contributed by atoms with E-state index in [-0.39, 0.29) is 11.3 Å². The molecule has 0 aliphatic carbocycles. The Hall–Kier alpha value is -3.45. The van der Waals surface area contributed by atoms with E-state index in [9.17, 15) is 14.7 Å². The van der Waals surface area contributed by atoms with Gasteiger partial charge in [0.15, 0.2) is 5.13 Å². The van der Waals surface area contributed by atoms with Gasteiger partial charge in [0, 0.05) is 17.1 Å². The highest BCUT2D eigenvalue weighted by molar-refractivity contribution is 7.14. The molecule has 3 aromatic rings. The second-order valence-corrected chi connectivity index (χ2v) is 8.85. The number of anilines is 1. The maximum absolute atomic E-state index is 13.1. The summed E-state index contributed by atoms with van der Waals surface area (Å²) < 4.78 is 5.90. The van der Waals surface area contributed by atoms with E-state index in [1.165, 1.54) is 16.2 Å². The molecule has 1 atom stereocenters. The Morgan fingerprint density at radius 2 is 1.94 bits per heavy atom. The first-order valence-electron chi connectivity index (χ1n) is 11.0. The minimum absolute atomic E-state index is 0.0437. The number of unbranched alkanes of at least 4 members (excludes halogenated alkanes) is 2. The number of ketones is 1. The lowest BCUT2D eigenvalue weighted by atomic mass is 9.95. The van der Waals surface area contributed by atoms with Gasteiger partial charge < -0.3 is 9.84 Å². The molecule has 2 aromatic carbocycles. The molecular formula is C26H26N2O4S. The van der Waals surface area contributed by atoms with Gasteiger partial charge in [0.2, 0.25) is 0 Å². The van der Waals surface area contributed by atoms with Crippen molar-refractivity contribution in [1.29, 1.82) is 0 Å². The van der Waals surface area contributed by atoms with E-state index in [0.29, 0.717) is 28.6 Å². The van der Waals surface area contributed by atoms with Crippen molar-refractivity contribution in [2.24, 2.45) is 0 Å². The zero-order valence-corrected chi connectivity index (χ0v) is 19.5. The van der Waals surface area contributed by atoms with E-state index in [0.717, 1.165) is 24.8 Å². The number of ether oxygens (including phenoxy) is 1. The van der Waals surface area contributed by atoms with Crippen LogP contribution in [0.2, 0.25) is 0 Å². The third-order valence-corrected chi connectivity index (χ3v) is 6.36. The molecule has 1 aromatic heterocycles. The van der Waals surface area contributed by atoms with Crippen molar-refractivity contribution in [3.8, 4) is 5.75 Å². The van der Waals surface area contributed by atoms with Crippen molar-refractivity contribution in [3.05, 3.63) is 82.4 Å². The van der Waals surface area contributed by atoms with Crippen LogP contribution < -0.4 is 9.64 Å². The fraction of sp³-hybridized carbons (Fsp3) is 0.269. The van der Waals surface area contributed by atoms with E-state index in [1.54, 1.807) is 23.7 Å². The number of rotatable bonds is 8. The molecule has 0 radical (unpaired) electrons. The number of thiazole rings is 1. The van der Waals surface area contributed by atoms with Gasteiger partial charge in [-0.25, -0.2) is 4.98 Å². The molecule has 0 spiro atoms. The van der Waals surface area contributed by atoms with Crippen LogP contribution in [0, 0.1) is 6.92 Å². The van der Waals surface area contributed by atoms with Crippen LogP contribution in [0.15, 0.2) is 65.7 Å². The number of carbonyl (C=O) groups is 2. The van der Waals surface area contributed by atoms with Gasteiger partial charge in [0.1, 0.15) is 11.5 Å². The van der Waals surface area contributed by atoms with Crippen molar-refractivity contribution in [2.75, 3.05) is 11.5 Å². The fourth-order valence-corrected chi connectivity index (χ4v) is 4.53. The number of aliphatic hydroxyl groups is 1. The summed E-state index contributed by atoms with van der Waals surface area (Å²) in [6.45, 7) is 4.67. The lowest BCUT2D eigenvalue weighted by Crippen LogP contribution is -2.29. The molecule has 7 heteroatoms. The predicted molar refractivity (Wildman–Crippen MR) is 130 cm³/mol. The van der Waals surface area contributed by atoms with Crippen LogP contribution in [-0.2, 0) is 9.59 Å². The molecule has 1 saturated heterocycles. The Kier molecular flexibility index (Phi) is 6.89. The number of carbonyl (C=O) groups excluding carboxylic acids is 2. The zero-order valence-electron chi connectivity index (χ0n) is 18.7. The highest BCUT2D eigenvalue weighted by Crippen LogP contribution is 2.43. The summed E-state index contributed by atoms with van der Waals surface area (Å²) in [6.07, 6.45) is 4.72. The van der Waals surface area contributed by atoms with Gasteiger partial charge in [-0.1, -0.05) is 61.7 Å². The minimum Gasteiger partial charge on any atom is -0.507 e. The number of nitrogens with zero attached hydrogens (tertiary/aromatic N) is 2. The molecule has 1 N–H and O–H groups in total. The Balaban J connectivity index is 1.80. The molecule has 1 unspecified atom stereocenters. The van der Waals surface area contributed by atoms with Crippen molar-refractivity contribution < 1.29 is 19.4 Å². The van der Waals surface area contributed by atoms with E-state index in [2.05, 4.69) is 11.9 Å². The molecule has 6 nitrogen and oxygen atoms in total. The molecule has 2 heterocycles. The van der Waals surface area contributed by atoms with Gasteiger partial charge in [0.25, 0.3) is 5.78 Å². The summed E-state index contributed by atoms with van der Waals surface area (Å²) in [4.78, 5) is 31.9. The SMILES string of the molecule is CCCCCOc1cccc(C2/C(=C(\O)c3ccc(C)cc3)C(=O)C(=O)N2c2nccs2)c1. The summed E-state index contributed by atoms with van der Waals surface area (Å²) in [5.74, 6) is -0.990. The number of aryl methyl sites for hydroxylation is 1. The van der Waals surface area contributed by atoms with Crippen molar-refractivity contribution in [3.63, 3.8) is 0 Å². The van der Waals surface area contributed by atoms with Crippen LogP contribution >= 0.6 is 11.3 Å². The predicted octanol–water partition coefficient (Wildman–Crippen LogP) is 5.65. The summed E-state index contributed by atoms with van der Waals surface area (Å²) in [5, 5.41) is 13.3. The third kappa shape index (κ3) is 4.68. The molecule has 0 saturated carbocycles. The number of aliphatic hydroxyl groups excluding tert-OH is 1. The Morgan fingerprint density at radius 3 is 2.64 bits per heavy atom. The fourth-order valence-electron chi connectivity index (χ4n) is 3.86. The van der Waals surface area contributed by atoms with Crippen LogP contribution in [0.5, 0.6) is 5.75 Å². The molecule has 1 aliphatic heterocycles. The monoisotopic (exact) mass is 462 g/mol. The quantitative estimate of drug-likeness (QED) is 0.203. The minimum atomic E-state index is -0.809. The molecule has 0 bridgehead atoms. The lowest BCUT2D eigenvalue weighted by molar-refractivity contribution is -0.132. The first-order valence-corrected chi connectivity index (χ1v) is 11.9. The summed E-state index contributed by atoms with van der Waals surface area (Å²) in [7, 11) is 0. The summed E-state index contributed by atoms with van der Waals surface area (Å²) in [5.41, 5.74) is 2.22. The van der Waals surface area contributed by atoms with Crippen LogP contribution in [0.25, 0.3) is 5.76 Å². The summed E-state index contributed by atoms with van der Waals surface area (Å²) in [6, 6.07) is 13.7. The average Bonchev–Trinajstić information content (AvgIpc) is 3.44. The molecule has 4 rings (SSSR count). The van der Waals surface area contributed by atoms with Gasteiger partial charge in [0.05, 0.1) is 18.2 Å². The van der Waals surface area contributed by atoms with Crippen molar-refractivity contribution >= 4 is 33.9 Å². The molecular weight excluding hydrogens is 436 g/mol. The van der Waals surface area contributed by atoms with Gasteiger partial charge in [-0.2, -0.15) is 0 Å². The van der Waals surface area contributed by atoms with Crippen molar-refractivity contribution in [2.45, 2.75) is 39.2 Å². The summed E-state index contributed by atoms with van der Waals surface area (Å²) >= 11 is 1.27. The lowest BCUT2D eigenvalue weighted by Gasteiger charge is -2.23. The number of benzene rings is 2. The molecule has 33 heavy (non-hydrogen) atoms. The van der Waals surface area contributed by atoms with E-state index >= 15 is 0 Å². The second kappa shape index (κ2) is 10.0. The molecule has 170 valence electrons. The smallest absolute Gasteiger partial charge is 0.301 e. The number of hydrogen-bond donors (Lipinski definition) is 1. The molecule has 1 fully saturated rings. The Bertz CT molecular complexity index is 1170. The van der Waals surface area contributed by atoms with Crippen LogP contribution in [0.4, 0.5) is 5.13 Å². The Morgan fingerprint density at radius 1 is 1.15 bits per heavy atom. The largest absolute Gasteiger partial charge is 0.507 e. The number of aromatic nitrogens is 1. The standard InChI is InChI=1S/C26H26N2O4S/c1-3-4-5-14-32-20-8-6-7-19(16-20)22-21(23(29)18-11-9-17(2)10-12-18)24(30)25(31)28(22)26-27-13-15-33-26/h6-13,15-16,22,29H,3-5,14H2,1-2H3/b23-21+.